The number of rotatable bonds is 8. The first-order chi connectivity index (χ1) is 12.8. The van der Waals surface area contributed by atoms with E-state index in [9.17, 15) is 56.4 Å². The van der Waals surface area contributed by atoms with Crippen LogP contribution in [0.4, 0.5) is 56.4 Å². The molecule has 178 valence electrons. The fourth-order valence-corrected chi connectivity index (χ4v) is 7.64. The molecule has 0 saturated carbocycles. The second-order valence-electron chi connectivity index (χ2n) is 5.27. The van der Waals surface area contributed by atoms with Gasteiger partial charge in [-0.15, -0.1) is 23.5 Å². The summed E-state index contributed by atoms with van der Waals surface area (Å²) in [5, 5.41) is 0. The Morgan fingerprint density at radius 1 is 0.600 bits per heavy atom. The number of hydrogen-bond acceptors (Lipinski definition) is 2. The standard InChI is InChI=1S/C12H8F14S4/c13-9(14)3-5-27-7-1-2-8(28-6-4-10(15)16)12(30(22,23,24,25)26)11(7)29(17,18,19,20)21/h1-4H,5-6H2. The van der Waals surface area contributed by atoms with Crippen LogP contribution < -0.4 is 0 Å². The lowest BCUT2D eigenvalue weighted by Crippen LogP contribution is -2.18. The molecule has 0 heterocycles. The summed E-state index contributed by atoms with van der Waals surface area (Å²) in [4.78, 5) is -12.2. The minimum absolute atomic E-state index is 0.0489. The van der Waals surface area contributed by atoms with E-state index in [4.69, 9.17) is 0 Å². The van der Waals surface area contributed by atoms with Gasteiger partial charge < -0.3 is 0 Å². The summed E-state index contributed by atoms with van der Waals surface area (Å²) in [6, 6.07) is -0.0978. The van der Waals surface area contributed by atoms with Crippen LogP contribution >= 0.6 is 44.0 Å². The van der Waals surface area contributed by atoms with Crippen LogP contribution in [0.15, 0.2) is 56.0 Å². The van der Waals surface area contributed by atoms with Crippen LogP contribution in [-0.4, -0.2) is 11.5 Å². The van der Waals surface area contributed by atoms with E-state index in [1.165, 1.54) is 0 Å². The van der Waals surface area contributed by atoms with Crippen molar-refractivity contribution in [3.05, 3.63) is 36.4 Å². The summed E-state index contributed by atoms with van der Waals surface area (Å²) in [6.07, 6.45) is -5.32. The van der Waals surface area contributed by atoms with E-state index in [2.05, 4.69) is 0 Å². The maximum absolute atomic E-state index is 13.4. The Hall–Kier alpha value is -0.880. The third-order valence-corrected chi connectivity index (χ3v) is 7.51. The van der Waals surface area contributed by atoms with Gasteiger partial charge in [0, 0.05) is 21.3 Å². The molecule has 0 aromatic heterocycles. The Bertz CT molecular complexity index is 813. The minimum Gasteiger partial charge on any atom is -0.174 e. The summed E-state index contributed by atoms with van der Waals surface area (Å²) >= 11 is -1.24. The Morgan fingerprint density at radius 3 is 1.07 bits per heavy atom. The first-order valence-corrected chi connectivity index (χ1v) is 12.6. The van der Waals surface area contributed by atoms with Gasteiger partial charge >= 0.3 is 20.4 Å². The predicted octanol–water partition coefficient (Wildman–Crippen LogP) is 10.7. The summed E-state index contributed by atoms with van der Waals surface area (Å²) < 4.78 is 182. The topological polar surface area (TPSA) is 0 Å². The number of hydrogen-bond donors (Lipinski definition) is 0. The van der Waals surface area contributed by atoms with Gasteiger partial charge in [-0.1, -0.05) is 38.9 Å². The molecular weight excluding hydrogens is 538 g/mol. The smallest absolute Gasteiger partial charge is 0.174 e. The van der Waals surface area contributed by atoms with Crippen LogP contribution in [0.25, 0.3) is 0 Å². The third-order valence-electron chi connectivity index (χ3n) is 2.76. The minimum atomic E-state index is -11.5. The highest BCUT2D eigenvalue weighted by molar-refractivity contribution is 8.48. The van der Waals surface area contributed by atoms with E-state index < -0.39 is 87.2 Å². The van der Waals surface area contributed by atoms with Crippen LogP contribution in [0.3, 0.4) is 0 Å². The van der Waals surface area contributed by atoms with Crippen molar-refractivity contribution in [3.8, 4) is 0 Å². The predicted molar refractivity (Wildman–Crippen MR) is 91.3 cm³/mol. The molecule has 0 aliphatic heterocycles. The monoisotopic (exact) mass is 546 g/mol. The van der Waals surface area contributed by atoms with Gasteiger partial charge in [-0.05, 0) is 24.3 Å². The Balaban J connectivity index is 4.01. The Morgan fingerprint density at radius 2 is 0.867 bits per heavy atom. The number of halogens is 14. The van der Waals surface area contributed by atoms with Gasteiger partial charge in [0.1, 0.15) is 9.79 Å². The molecule has 1 aromatic rings. The molecule has 0 saturated heterocycles. The van der Waals surface area contributed by atoms with Crippen LogP contribution in [0.2, 0.25) is 0 Å². The second-order valence-corrected chi connectivity index (χ2v) is 12.1. The van der Waals surface area contributed by atoms with Crippen molar-refractivity contribution in [1.82, 2.24) is 0 Å². The fraction of sp³-hybridized carbons (Fsp3) is 0.167. The summed E-state index contributed by atoms with van der Waals surface area (Å²) in [7, 11) is -23.0. The lowest BCUT2D eigenvalue weighted by atomic mass is 10.3. The summed E-state index contributed by atoms with van der Waals surface area (Å²) in [5.74, 6) is -2.52. The van der Waals surface area contributed by atoms with Gasteiger partial charge in [-0.3, -0.25) is 0 Å². The van der Waals surface area contributed by atoms with E-state index in [1.54, 1.807) is 0 Å². The molecule has 0 amide bonds. The first kappa shape index (κ1) is 27.2. The molecule has 0 radical (unpaired) electrons. The van der Waals surface area contributed by atoms with E-state index in [0.29, 0.717) is 0 Å². The molecule has 18 heteroatoms. The highest BCUT2D eigenvalue weighted by atomic mass is 32.5. The molecular formula is C12H8F14S4. The third kappa shape index (κ3) is 7.99. The highest BCUT2D eigenvalue weighted by Gasteiger charge is 2.77. The van der Waals surface area contributed by atoms with Gasteiger partial charge in [-0.2, -0.15) is 17.6 Å². The molecule has 0 unspecified atom stereocenters. The van der Waals surface area contributed by atoms with E-state index in [1.807, 2.05) is 0 Å². The zero-order valence-corrected chi connectivity index (χ0v) is 16.9. The van der Waals surface area contributed by atoms with E-state index >= 15 is 0 Å². The van der Waals surface area contributed by atoms with Gasteiger partial charge in [0.2, 0.25) is 0 Å². The van der Waals surface area contributed by atoms with Crippen LogP contribution in [0, 0.1) is 0 Å². The molecule has 0 fully saturated rings. The largest absolute Gasteiger partial charge is 0.312 e. The SMILES string of the molecule is FC(F)=CCSc1ccc(SCC=C(F)F)c(S(F)(F)(F)(F)F)c1S(F)(F)(F)(F)F. The van der Waals surface area contributed by atoms with Crippen molar-refractivity contribution in [2.24, 2.45) is 0 Å². The zero-order valence-electron chi connectivity index (χ0n) is 13.6. The summed E-state index contributed by atoms with van der Waals surface area (Å²) in [6.45, 7) is 0. The van der Waals surface area contributed by atoms with Crippen molar-refractivity contribution >= 4 is 44.0 Å². The maximum atomic E-state index is 13.4. The van der Waals surface area contributed by atoms with Gasteiger partial charge in [-0.25, -0.2) is 0 Å². The normalized spacial score (nSPS) is 17.3. The molecule has 0 N–H and O–H groups in total. The average molecular weight is 546 g/mol. The van der Waals surface area contributed by atoms with E-state index in [-0.39, 0.29) is 24.3 Å². The van der Waals surface area contributed by atoms with Gasteiger partial charge in [0.15, 0.2) is 0 Å². The summed E-state index contributed by atoms with van der Waals surface area (Å²) in [5.41, 5.74) is 0. The average Bonchev–Trinajstić information content (AvgIpc) is 2.42. The van der Waals surface area contributed by atoms with Crippen LogP contribution in [0.1, 0.15) is 0 Å². The molecule has 0 spiro atoms. The molecule has 0 aliphatic carbocycles. The Labute approximate surface area is 168 Å². The van der Waals surface area contributed by atoms with Gasteiger partial charge in [0.25, 0.3) is 12.2 Å². The quantitative estimate of drug-likeness (QED) is 0.235. The van der Waals surface area contributed by atoms with E-state index in [0.717, 1.165) is 0 Å². The van der Waals surface area contributed by atoms with Crippen molar-refractivity contribution in [1.29, 1.82) is 0 Å². The molecule has 1 rings (SSSR count). The maximum Gasteiger partial charge on any atom is 0.312 e. The zero-order chi connectivity index (χ0) is 23.9. The molecule has 0 bridgehead atoms. The van der Waals surface area contributed by atoms with Crippen molar-refractivity contribution in [2.45, 2.75) is 19.6 Å². The molecule has 1 aromatic carbocycles. The molecule has 0 aliphatic rings. The van der Waals surface area contributed by atoms with Gasteiger partial charge in [0.05, 0.1) is 0 Å². The second kappa shape index (κ2) is 6.81. The number of benzene rings is 1. The fourth-order valence-electron chi connectivity index (χ4n) is 1.87. The molecule has 30 heavy (non-hydrogen) atoms. The van der Waals surface area contributed by atoms with Crippen LogP contribution in [-0.2, 0) is 0 Å². The lowest BCUT2D eigenvalue weighted by molar-refractivity contribution is 0.329. The van der Waals surface area contributed by atoms with Crippen molar-refractivity contribution in [3.63, 3.8) is 0 Å². The lowest BCUT2D eigenvalue weighted by Gasteiger charge is -2.49. The van der Waals surface area contributed by atoms with Crippen molar-refractivity contribution < 1.29 is 56.4 Å². The Kier molecular flexibility index (Phi) is 6.16. The highest BCUT2D eigenvalue weighted by Crippen LogP contribution is 3.10. The van der Waals surface area contributed by atoms with Crippen molar-refractivity contribution in [2.75, 3.05) is 11.5 Å². The first-order valence-electron chi connectivity index (χ1n) is 6.75. The molecule has 0 atom stereocenters. The van der Waals surface area contributed by atoms with Crippen LogP contribution in [0.5, 0.6) is 0 Å². The number of thioether (sulfide) groups is 2. The molecule has 0 nitrogen and oxygen atoms in total.